The van der Waals surface area contributed by atoms with E-state index in [2.05, 4.69) is 34.6 Å². The van der Waals surface area contributed by atoms with Crippen molar-refractivity contribution in [1.29, 1.82) is 0 Å². The number of fused-ring (bicyclic) bond motifs is 1. The van der Waals surface area contributed by atoms with Gasteiger partial charge in [-0.05, 0) is 53.8 Å². The van der Waals surface area contributed by atoms with Crippen molar-refractivity contribution in [3.8, 4) is 0 Å². The van der Waals surface area contributed by atoms with Crippen molar-refractivity contribution >= 4 is 0 Å². The van der Waals surface area contributed by atoms with Gasteiger partial charge in [0.2, 0.25) is 0 Å². The maximum Gasteiger partial charge on any atom is 0.0459 e. The largest absolute Gasteiger partial charge is 0.396 e. The Labute approximate surface area is 101 Å². The third-order valence-electron chi connectivity index (χ3n) is 6.39. The summed E-state index contributed by atoms with van der Waals surface area (Å²) < 4.78 is 0. The van der Waals surface area contributed by atoms with E-state index >= 15 is 0 Å². The molecule has 0 heterocycles. The summed E-state index contributed by atoms with van der Waals surface area (Å²) >= 11 is 0. The van der Waals surface area contributed by atoms with Crippen LogP contribution in [-0.4, -0.2) is 11.7 Å². The summed E-state index contributed by atoms with van der Waals surface area (Å²) in [6.07, 6.45) is 4.20. The fourth-order valence-electron chi connectivity index (χ4n) is 3.94. The summed E-state index contributed by atoms with van der Waals surface area (Å²) in [6.45, 7) is 12.3. The molecule has 1 heteroatoms. The van der Waals surface area contributed by atoms with E-state index in [9.17, 15) is 5.11 Å². The maximum absolute atomic E-state index is 9.22. The van der Waals surface area contributed by atoms with E-state index in [0.717, 1.165) is 11.8 Å². The van der Waals surface area contributed by atoms with Gasteiger partial charge in [0.25, 0.3) is 0 Å². The quantitative estimate of drug-likeness (QED) is 0.771. The van der Waals surface area contributed by atoms with E-state index in [1.165, 1.54) is 19.3 Å². The molecule has 2 aliphatic rings. The predicted molar refractivity (Wildman–Crippen MR) is 68.1 cm³/mol. The van der Waals surface area contributed by atoms with E-state index in [4.69, 9.17) is 0 Å². The first kappa shape index (κ1) is 12.4. The van der Waals surface area contributed by atoms with Crippen molar-refractivity contribution in [2.75, 3.05) is 6.61 Å². The van der Waals surface area contributed by atoms with Crippen LogP contribution in [0.4, 0.5) is 0 Å². The first-order valence-corrected chi connectivity index (χ1v) is 6.93. The third-order valence-corrected chi connectivity index (χ3v) is 6.39. The van der Waals surface area contributed by atoms with Gasteiger partial charge in [0.05, 0.1) is 0 Å². The first-order chi connectivity index (χ1) is 7.33. The molecule has 0 saturated heterocycles. The Morgan fingerprint density at radius 1 is 1.19 bits per heavy atom. The monoisotopic (exact) mass is 224 g/mol. The number of hydrogen-bond acceptors (Lipinski definition) is 1. The van der Waals surface area contributed by atoms with E-state index in [1.807, 2.05) is 0 Å². The van der Waals surface area contributed by atoms with Gasteiger partial charge < -0.3 is 5.11 Å². The summed E-state index contributed by atoms with van der Waals surface area (Å²) in [5.74, 6) is 3.00. The minimum absolute atomic E-state index is 0.342. The van der Waals surface area contributed by atoms with Crippen LogP contribution in [0.15, 0.2) is 0 Å². The van der Waals surface area contributed by atoms with Crippen molar-refractivity contribution in [3.05, 3.63) is 0 Å². The zero-order valence-electron chi connectivity index (χ0n) is 11.6. The Bertz CT molecular complexity index is 271. The van der Waals surface area contributed by atoms with Crippen LogP contribution < -0.4 is 0 Å². The third kappa shape index (κ3) is 1.63. The van der Waals surface area contributed by atoms with Gasteiger partial charge in [0.1, 0.15) is 0 Å². The molecule has 0 spiro atoms. The zero-order valence-corrected chi connectivity index (χ0v) is 11.6. The van der Waals surface area contributed by atoms with Crippen molar-refractivity contribution in [1.82, 2.24) is 0 Å². The van der Waals surface area contributed by atoms with E-state index in [1.54, 1.807) is 0 Å². The lowest BCUT2D eigenvalue weighted by Gasteiger charge is -2.37. The molecule has 0 bridgehead atoms. The molecule has 5 atom stereocenters. The molecule has 0 radical (unpaired) electrons. The SMILES string of the molecule is CC(CO)C(C)CC1CC2CC2(C)C1(C)C. The smallest absolute Gasteiger partial charge is 0.0459 e. The summed E-state index contributed by atoms with van der Waals surface area (Å²) in [7, 11) is 0. The average molecular weight is 224 g/mol. The highest BCUT2D eigenvalue weighted by atomic mass is 16.3. The summed E-state index contributed by atoms with van der Waals surface area (Å²) in [4.78, 5) is 0. The molecule has 0 aromatic rings. The van der Waals surface area contributed by atoms with Crippen molar-refractivity contribution in [2.24, 2.45) is 34.5 Å². The molecule has 2 saturated carbocycles. The topological polar surface area (TPSA) is 20.2 Å². The molecule has 0 aliphatic heterocycles. The minimum Gasteiger partial charge on any atom is -0.396 e. The predicted octanol–water partition coefficient (Wildman–Crippen LogP) is 3.71. The number of hydrogen-bond donors (Lipinski definition) is 1. The second-order valence-electron chi connectivity index (χ2n) is 7.35. The summed E-state index contributed by atoms with van der Waals surface area (Å²) in [6, 6.07) is 0. The lowest BCUT2D eigenvalue weighted by molar-refractivity contribution is 0.104. The highest BCUT2D eigenvalue weighted by molar-refractivity contribution is 5.15. The van der Waals surface area contributed by atoms with Gasteiger partial charge in [-0.2, -0.15) is 0 Å². The molecular weight excluding hydrogens is 196 g/mol. The van der Waals surface area contributed by atoms with Crippen molar-refractivity contribution in [3.63, 3.8) is 0 Å². The standard InChI is InChI=1S/C15H28O/c1-10(11(2)9-16)6-12-7-13-8-15(13,5)14(12,3)4/h10-13,16H,6-9H2,1-5H3. The minimum atomic E-state index is 0.342. The highest BCUT2D eigenvalue weighted by Crippen LogP contribution is 2.74. The van der Waals surface area contributed by atoms with Crippen LogP contribution >= 0.6 is 0 Å². The fourth-order valence-corrected chi connectivity index (χ4v) is 3.94. The molecule has 2 aliphatic carbocycles. The molecule has 0 aromatic carbocycles. The molecule has 0 aromatic heterocycles. The Morgan fingerprint density at radius 2 is 1.81 bits per heavy atom. The van der Waals surface area contributed by atoms with E-state index < -0.39 is 0 Å². The van der Waals surface area contributed by atoms with Crippen molar-refractivity contribution < 1.29 is 5.11 Å². The van der Waals surface area contributed by atoms with Crippen LogP contribution in [0.3, 0.4) is 0 Å². The molecule has 1 nitrogen and oxygen atoms in total. The highest BCUT2D eigenvalue weighted by Gasteiger charge is 2.66. The van der Waals surface area contributed by atoms with Gasteiger partial charge in [-0.25, -0.2) is 0 Å². The Kier molecular flexibility index (Phi) is 2.89. The van der Waals surface area contributed by atoms with Crippen LogP contribution in [0.25, 0.3) is 0 Å². The average Bonchev–Trinajstić information content (AvgIpc) is 2.84. The van der Waals surface area contributed by atoms with Gasteiger partial charge in [-0.3, -0.25) is 0 Å². The number of aliphatic hydroxyl groups is 1. The van der Waals surface area contributed by atoms with Gasteiger partial charge in [0.15, 0.2) is 0 Å². The van der Waals surface area contributed by atoms with Gasteiger partial charge >= 0.3 is 0 Å². The lowest BCUT2D eigenvalue weighted by atomic mass is 9.68. The van der Waals surface area contributed by atoms with Gasteiger partial charge in [-0.1, -0.05) is 34.6 Å². The maximum atomic E-state index is 9.22. The van der Waals surface area contributed by atoms with Crippen LogP contribution in [0, 0.1) is 34.5 Å². The first-order valence-electron chi connectivity index (χ1n) is 6.93. The van der Waals surface area contributed by atoms with E-state index in [0.29, 0.717) is 29.3 Å². The normalized spacial score (nSPS) is 43.9. The second-order valence-corrected chi connectivity index (χ2v) is 7.35. The number of aliphatic hydroxyl groups excluding tert-OH is 1. The van der Waals surface area contributed by atoms with Crippen LogP contribution in [0.1, 0.15) is 53.9 Å². The molecule has 16 heavy (non-hydrogen) atoms. The van der Waals surface area contributed by atoms with Crippen molar-refractivity contribution in [2.45, 2.75) is 53.9 Å². The Hall–Kier alpha value is -0.0400. The Morgan fingerprint density at radius 3 is 2.25 bits per heavy atom. The molecule has 2 rings (SSSR count). The molecule has 5 unspecified atom stereocenters. The molecule has 94 valence electrons. The van der Waals surface area contributed by atoms with Crippen LogP contribution in [-0.2, 0) is 0 Å². The molecular formula is C15H28O. The fraction of sp³-hybridized carbons (Fsp3) is 1.00. The van der Waals surface area contributed by atoms with Gasteiger partial charge in [0, 0.05) is 6.61 Å². The van der Waals surface area contributed by atoms with Crippen LogP contribution in [0.5, 0.6) is 0 Å². The Balaban J connectivity index is 1.98. The molecule has 1 N–H and O–H groups in total. The lowest BCUT2D eigenvalue weighted by Crippen LogP contribution is -2.30. The number of rotatable bonds is 4. The van der Waals surface area contributed by atoms with Crippen LogP contribution in [0.2, 0.25) is 0 Å². The molecule has 0 amide bonds. The van der Waals surface area contributed by atoms with E-state index in [-0.39, 0.29) is 0 Å². The van der Waals surface area contributed by atoms with Gasteiger partial charge in [-0.15, -0.1) is 0 Å². The summed E-state index contributed by atoms with van der Waals surface area (Å²) in [5.41, 5.74) is 1.15. The zero-order chi connectivity index (χ0) is 12.1. The molecule has 2 fully saturated rings. The second kappa shape index (κ2) is 3.73. The summed E-state index contributed by atoms with van der Waals surface area (Å²) in [5, 5.41) is 9.22.